The number of nitrogens with one attached hydrogen (secondary N) is 1. The van der Waals surface area contributed by atoms with Crippen LogP contribution in [0.2, 0.25) is 0 Å². The van der Waals surface area contributed by atoms with Crippen LogP contribution >= 0.6 is 0 Å². The van der Waals surface area contributed by atoms with E-state index < -0.39 is 9.84 Å². The Labute approximate surface area is 102 Å². The Morgan fingerprint density at radius 2 is 2.18 bits per heavy atom. The summed E-state index contributed by atoms with van der Waals surface area (Å²) in [4.78, 5) is 0. The van der Waals surface area contributed by atoms with Crippen LogP contribution in [0, 0.1) is 6.92 Å². The third-order valence-corrected chi connectivity index (χ3v) is 5.37. The van der Waals surface area contributed by atoms with E-state index in [0.29, 0.717) is 18.0 Å². The van der Waals surface area contributed by atoms with Crippen LogP contribution in [0.1, 0.15) is 18.4 Å². The first-order valence-electron chi connectivity index (χ1n) is 5.80. The molecule has 1 saturated heterocycles. The van der Waals surface area contributed by atoms with E-state index in [2.05, 4.69) is 5.32 Å². The predicted molar refractivity (Wildman–Crippen MR) is 70.9 cm³/mol. The fraction of sp³-hybridized carbons (Fsp3) is 0.500. The number of anilines is 2. The van der Waals surface area contributed by atoms with Crippen molar-refractivity contribution < 1.29 is 8.42 Å². The first-order chi connectivity index (χ1) is 7.97. The lowest BCUT2D eigenvalue weighted by Crippen LogP contribution is -2.25. The molecule has 2 rings (SSSR count). The van der Waals surface area contributed by atoms with Crippen molar-refractivity contribution >= 4 is 21.2 Å². The molecule has 4 nitrogen and oxygen atoms in total. The lowest BCUT2D eigenvalue weighted by Gasteiger charge is -2.12. The van der Waals surface area contributed by atoms with Gasteiger partial charge in [0.2, 0.25) is 0 Å². The topological polar surface area (TPSA) is 72.2 Å². The second kappa shape index (κ2) is 4.56. The van der Waals surface area contributed by atoms with Crippen LogP contribution in [0.3, 0.4) is 0 Å². The van der Waals surface area contributed by atoms with Gasteiger partial charge in [0.1, 0.15) is 0 Å². The lowest BCUT2D eigenvalue weighted by atomic mass is 10.2. The first kappa shape index (κ1) is 12.2. The van der Waals surface area contributed by atoms with Gasteiger partial charge in [0.05, 0.1) is 11.0 Å². The van der Waals surface area contributed by atoms with Crippen LogP contribution < -0.4 is 11.1 Å². The largest absolute Gasteiger partial charge is 0.399 e. The van der Waals surface area contributed by atoms with Gasteiger partial charge in [0.25, 0.3) is 0 Å². The van der Waals surface area contributed by atoms with E-state index in [4.69, 9.17) is 5.73 Å². The second-order valence-electron chi connectivity index (χ2n) is 4.64. The summed E-state index contributed by atoms with van der Waals surface area (Å²) in [5, 5.41) is 2.92. The lowest BCUT2D eigenvalue weighted by molar-refractivity contribution is 0.591. The maximum absolute atomic E-state index is 11.7. The molecule has 1 aliphatic rings. The highest BCUT2D eigenvalue weighted by Gasteiger charge is 2.30. The molecule has 1 heterocycles. The molecule has 3 N–H and O–H groups in total. The normalized spacial score (nSPS) is 22.5. The monoisotopic (exact) mass is 254 g/mol. The zero-order chi connectivity index (χ0) is 12.5. The number of aryl methyl sites for hydroxylation is 1. The summed E-state index contributed by atoms with van der Waals surface area (Å²) in [6.07, 6.45) is 1.54. The van der Waals surface area contributed by atoms with Crippen LogP contribution in [0.25, 0.3) is 0 Å². The number of sulfone groups is 1. The van der Waals surface area contributed by atoms with Crippen molar-refractivity contribution in [2.24, 2.45) is 0 Å². The van der Waals surface area contributed by atoms with E-state index in [0.717, 1.165) is 24.1 Å². The molecule has 1 atom stereocenters. The number of rotatable bonds is 3. The van der Waals surface area contributed by atoms with Crippen LogP contribution in [0.15, 0.2) is 18.2 Å². The minimum Gasteiger partial charge on any atom is -0.399 e. The highest BCUT2D eigenvalue weighted by molar-refractivity contribution is 7.92. The number of nitrogen functional groups attached to an aromatic ring is 1. The zero-order valence-corrected chi connectivity index (χ0v) is 10.8. The Bertz CT molecular complexity index is 491. The van der Waals surface area contributed by atoms with Crippen molar-refractivity contribution in [3.8, 4) is 0 Å². The molecule has 0 spiro atoms. The van der Waals surface area contributed by atoms with Crippen LogP contribution in [-0.2, 0) is 9.84 Å². The standard InChI is InChI=1S/C12H18N2O2S/c1-9-5-10(13)7-11(6-9)14-8-12-3-2-4-17(12,15)16/h5-7,12,14H,2-4,8,13H2,1H3. The Hall–Kier alpha value is -1.23. The average Bonchev–Trinajstić information content (AvgIpc) is 2.53. The van der Waals surface area contributed by atoms with Crippen molar-refractivity contribution in [2.75, 3.05) is 23.3 Å². The minimum atomic E-state index is -2.87. The third kappa shape index (κ3) is 2.91. The van der Waals surface area contributed by atoms with Gasteiger partial charge in [0.15, 0.2) is 9.84 Å². The van der Waals surface area contributed by atoms with Crippen LogP contribution in [-0.4, -0.2) is 26.0 Å². The van der Waals surface area contributed by atoms with E-state index in [1.807, 2.05) is 25.1 Å². The summed E-state index contributed by atoms with van der Waals surface area (Å²) in [5.74, 6) is 0.329. The van der Waals surface area contributed by atoms with Gasteiger partial charge in [-0.3, -0.25) is 0 Å². The molecule has 0 aliphatic carbocycles. The Kier molecular flexibility index (Phi) is 3.28. The molecule has 1 aliphatic heterocycles. The van der Waals surface area contributed by atoms with Crippen molar-refractivity contribution in [1.29, 1.82) is 0 Å². The van der Waals surface area contributed by atoms with E-state index >= 15 is 0 Å². The molecule has 0 radical (unpaired) electrons. The quantitative estimate of drug-likeness (QED) is 0.803. The molecule has 0 saturated carbocycles. The van der Waals surface area contributed by atoms with E-state index in [-0.39, 0.29) is 5.25 Å². The van der Waals surface area contributed by atoms with Crippen molar-refractivity contribution in [2.45, 2.75) is 25.0 Å². The van der Waals surface area contributed by atoms with Gasteiger partial charge in [-0.15, -0.1) is 0 Å². The minimum absolute atomic E-state index is 0.246. The summed E-state index contributed by atoms with van der Waals surface area (Å²) in [7, 11) is -2.87. The molecule has 0 amide bonds. The molecular formula is C12H18N2O2S. The highest BCUT2D eigenvalue weighted by atomic mass is 32.2. The molecule has 5 heteroatoms. The molecule has 0 aromatic heterocycles. The smallest absolute Gasteiger partial charge is 0.154 e. The zero-order valence-electron chi connectivity index (χ0n) is 9.94. The third-order valence-electron chi connectivity index (χ3n) is 3.10. The van der Waals surface area contributed by atoms with Crippen molar-refractivity contribution in [3.63, 3.8) is 0 Å². The molecule has 1 aromatic carbocycles. The van der Waals surface area contributed by atoms with Gasteiger partial charge in [-0.25, -0.2) is 8.42 Å². The molecular weight excluding hydrogens is 236 g/mol. The predicted octanol–water partition coefficient (Wildman–Crippen LogP) is 1.57. The summed E-state index contributed by atoms with van der Waals surface area (Å²) in [6.45, 7) is 2.44. The Balaban J connectivity index is 2.03. The van der Waals surface area contributed by atoms with Crippen molar-refractivity contribution in [1.82, 2.24) is 0 Å². The van der Waals surface area contributed by atoms with Gasteiger partial charge in [-0.1, -0.05) is 0 Å². The van der Waals surface area contributed by atoms with Gasteiger partial charge >= 0.3 is 0 Å². The number of nitrogens with two attached hydrogens (primary N) is 1. The number of benzene rings is 1. The molecule has 0 bridgehead atoms. The maximum Gasteiger partial charge on any atom is 0.154 e. The Morgan fingerprint density at radius 1 is 1.41 bits per heavy atom. The SMILES string of the molecule is Cc1cc(N)cc(NCC2CCCS2(=O)=O)c1. The molecule has 1 fully saturated rings. The number of hydrogen-bond donors (Lipinski definition) is 2. The second-order valence-corrected chi connectivity index (χ2v) is 7.05. The van der Waals surface area contributed by atoms with Gasteiger partial charge in [-0.05, 0) is 43.5 Å². The maximum atomic E-state index is 11.7. The van der Waals surface area contributed by atoms with E-state index in [1.165, 1.54) is 0 Å². The summed E-state index contributed by atoms with van der Waals surface area (Å²) >= 11 is 0. The van der Waals surface area contributed by atoms with E-state index in [9.17, 15) is 8.42 Å². The molecule has 94 valence electrons. The highest BCUT2D eigenvalue weighted by Crippen LogP contribution is 2.21. The fourth-order valence-electron chi connectivity index (χ4n) is 2.23. The van der Waals surface area contributed by atoms with E-state index in [1.54, 1.807) is 0 Å². The summed E-state index contributed by atoms with van der Waals surface area (Å²) in [5.41, 5.74) is 8.40. The van der Waals surface area contributed by atoms with Crippen LogP contribution in [0.4, 0.5) is 11.4 Å². The molecule has 17 heavy (non-hydrogen) atoms. The fourth-order valence-corrected chi connectivity index (χ4v) is 4.00. The average molecular weight is 254 g/mol. The first-order valence-corrected chi connectivity index (χ1v) is 7.51. The summed E-state index contributed by atoms with van der Waals surface area (Å²) in [6, 6.07) is 5.68. The molecule has 1 aromatic rings. The van der Waals surface area contributed by atoms with Crippen molar-refractivity contribution in [3.05, 3.63) is 23.8 Å². The number of hydrogen-bond acceptors (Lipinski definition) is 4. The van der Waals surface area contributed by atoms with Gasteiger partial charge in [0, 0.05) is 17.9 Å². The summed E-state index contributed by atoms with van der Waals surface area (Å²) < 4.78 is 23.3. The van der Waals surface area contributed by atoms with Crippen LogP contribution in [0.5, 0.6) is 0 Å². The molecule has 1 unspecified atom stereocenters. The van der Waals surface area contributed by atoms with Gasteiger partial charge < -0.3 is 11.1 Å². The van der Waals surface area contributed by atoms with Gasteiger partial charge in [-0.2, -0.15) is 0 Å². The Morgan fingerprint density at radius 3 is 2.76 bits per heavy atom.